The summed E-state index contributed by atoms with van der Waals surface area (Å²) >= 11 is 0. The Hall–Kier alpha value is -1.14. The maximum Gasteiger partial charge on any atom is 0.417 e. The third-order valence-corrected chi connectivity index (χ3v) is 11.7. The normalized spacial score (nSPS) is 45.2. The first-order chi connectivity index (χ1) is 16.3. The van der Waals surface area contributed by atoms with E-state index in [4.69, 9.17) is 0 Å². The van der Waals surface area contributed by atoms with Crippen LogP contribution >= 0.6 is 0 Å². The summed E-state index contributed by atoms with van der Waals surface area (Å²) < 4.78 is 54.2. The molecule has 0 spiro atoms. The maximum atomic E-state index is 13.6. The summed E-state index contributed by atoms with van der Waals surface area (Å²) in [4.78, 5) is 0. The van der Waals surface area contributed by atoms with Crippen molar-refractivity contribution in [2.45, 2.75) is 96.4 Å². The molecule has 35 heavy (non-hydrogen) atoms. The lowest BCUT2D eigenvalue weighted by Crippen LogP contribution is -2.59. The minimum atomic E-state index is -4.56. The van der Waals surface area contributed by atoms with E-state index in [1.165, 1.54) is 12.1 Å². The van der Waals surface area contributed by atoms with Crippen molar-refractivity contribution in [1.82, 2.24) is 0 Å². The van der Waals surface area contributed by atoms with Gasteiger partial charge in [-0.25, -0.2) is 4.39 Å². The molecular formula is C29H40F4O2. The van der Waals surface area contributed by atoms with Crippen LogP contribution in [0, 0.1) is 52.2 Å². The van der Waals surface area contributed by atoms with E-state index in [2.05, 4.69) is 20.8 Å². The molecule has 1 aromatic carbocycles. The minimum Gasteiger partial charge on any atom is -0.388 e. The van der Waals surface area contributed by atoms with Gasteiger partial charge in [-0.15, -0.1) is 0 Å². The van der Waals surface area contributed by atoms with Crippen molar-refractivity contribution in [3.63, 3.8) is 0 Å². The Kier molecular flexibility index (Phi) is 6.15. The van der Waals surface area contributed by atoms with E-state index in [1.54, 1.807) is 12.1 Å². The summed E-state index contributed by atoms with van der Waals surface area (Å²) in [5, 5.41) is 21.6. The van der Waals surface area contributed by atoms with Gasteiger partial charge in [-0.2, -0.15) is 13.2 Å². The van der Waals surface area contributed by atoms with Crippen LogP contribution < -0.4 is 0 Å². The third kappa shape index (κ3) is 3.88. The Bertz CT molecular complexity index is 932. The van der Waals surface area contributed by atoms with E-state index in [0.717, 1.165) is 44.1 Å². The second-order valence-electron chi connectivity index (χ2n) is 13.0. The van der Waals surface area contributed by atoms with Crippen LogP contribution in [0.25, 0.3) is 0 Å². The number of benzene rings is 1. The van der Waals surface area contributed by atoms with Gasteiger partial charge in [0.25, 0.3) is 0 Å². The predicted octanol–water partition coefficient (Wildman–Crippen LogP) is 7.45. The Morgan fingerprint density at radius 3 is 2.20 bits per heavy atom. The van der Waals surface area contributed by atoms with Crippen LogP contribution in [0.4, 0.5) is 17.6 Å². The van der Waals surface area contributed by atoms with Crippen molar-refractivity contribution in [3.8, 4) is 0 Å². The molecule has 0 unspecified atom stereocenters. The zero-order chi connectivity index (χ0) is 25.4. The first-order valence-corrected chi connectivity index (χ1v) is 13.5. The van der Waals surface area contributed by atoms with E-state index >= 15 is 0 Å². The average molecular weight is 497 g/mol. The molecule has 4 aliphatic rings. The minimum absolute atomic E-state index is 0.0513. The fraction of sp³-hybridized carbons (Fsp3) is 0.793. The number of halogens is 4. The van der Waals surface area contributed by atoms with Crippen molar-refractivity contribution in [1.29, 1.82) is 0 Å². The number of hydrogen-bond acceptors (Lipinski definition) is 2. The van der Waals surface area contributed by atoms with Gasteiger partial charge in [0.2, 0.25) is 0 Å². The standard InChI is InChI=1S/C29H40F4O2/c1-17(25(34)18-4-7-20(30)8-5-18)22-10-11-23-21-9-6-19-16-28(35,29(31,32)33)15-14-26(19,2)24(21)12-13-27(22,23)3/h4-5,7-8,17,19,21-25,34-35H,6,9-16H2,1-3H3/t17-,19+,21-,22+,23-,24-,25-,26-,27+,28+/m0/s1. The van der Waals surface area contributed by atoms with Gasteiger partial charge in [-0.1, -0.05) is 32.9 Å². The van der Waals surface area contributed by atoms with Gasteiger partial charge in [-0.05, 0) is 122 Å². The van der Waals surface area contributed by atoms with Gasteiger partial charge < -0.3 is 10.2 Å². The molecular weight excluding hydrogens is 456 g/mol. The molecule has 196 valence electrons. The summed E-state index contributed by atoms with van der Waals surface area (Å²) in [6, 6.07) is 6.16. The molecule has 2 N–H and O–H groups in total. The summed E-state index contributed by atoms with van der Waals surface area (Å²) in [5.74, 6) is 1.47. The second-order valence-corrected chi connectivity index (χ2v) is 13.0. The van der Waals surface area contributed by atoms with Crippen LogP contribution in [0.2, 0.25) is 0 Å². The molecule has 0 aliphatic heterocycles. The first kappa shape index (κ1) is 25.5. The molecule has 0 aromatic heterocycles. The SMILES string of the molecule is C[C@H]([C@H](O)c1ccc(F)cc1)[C@H]1CC[C@H]2[C@@H]3CC[C@@H]4C[C@@](O)(C(F)(F)F)CC[C@]4(C)[C@H]3CC[C@]12C. The average Bonchev–Trinajstić information content (AvgIpc) is 3.15. The number of rotatable bonds is 3. The summed E-state index contributed by atoms with van der Waals surface area (Å²) in [7, 11) is 0. The van der Waals surface area contributed by atoms with Crippen molar-refractivity contribution in [3.05, 3.63) is 35.6 Å². The lowest BCUT2D eigenvalue weighted by atomic mass is 9.43. The lowest BCUT2D eigenvalue weighted by Gasteiger charge is -2.62. The van der Waals surface area contributed by atoms with Gasteiger partial charge in [0.1, 0.15) is 5.82 Å². The quantitative estimate of drug-likeness (QED) is 0.427. The second kappa shape index (κ2) is 8.44. The smallest absolute Gasteiger partial charge is 0.388 e. The number of alkyl halides is 3. The van der Waals surface area contributed by atoms with E-state index in [-0.39, 0.29) is 41.3 Å². The van der Waals surface area contributed by atoms with Crippen LogP contribution in [0.1, 0.15) is 90.2 Å². The van der Waals surface area contributed by atoms with E-state index < -0.39 is 17.9 Å². The third-order valence-electron chi connectivity index (χ3n) is 11.7. The van der Waals surface area contributed by atoms with Gasteiger partial charge in [0.05, 0.1) is 6.10 Å². The van der Waals surface area contributed by atoms with Gasteiger partial charge in [-0.3, -0.25) is 0 Å². The zero-order valence-corrected chi connectivity index (χ0v) is 21.1. The number of aliphatic hydroxyl groups excluding tert-OH is 1. The lowest BCUT2D eigenvalue weighted by molar-refractivity contribution is -0.290. The molecule has 1 aromatic rings. The molecule has 0 amide bonds. The Morgan fingerprint density at radius 2 is 1.54 bits per heavy atom. The maximum absolute atomic E-state index is 13.6. The fourth-order valence-electron chi connectivity index (χ4n) is 9.59. The van der Waals surface area contributed by atoms with Crippen LogP contribution in [0.15, 0.2) is 24.3 Å². The Morgan fingerprint density at radius 1 is 0.886 bits per heavy atom. The van der Waals surface area contributed by atoms with E-state index in [1.807, 2.05) is 0 Å². The van der Waals surface area contributed by atoms with Crippen LogP contribution in [-0.4, -0.2) is 22.0 Å². The van der Waals surface area contributed by atoms with Crippen molar-refractivity contribution < 1.29 is 27.8 Å². The molecule has 4 aliphatic carbocycles. The molecule has 2 nitrogen and oxygen atoms in total. The number of aliphatic hydroxyl groups is 2. The van der Waals surface area contributed by atoms with Crippen molar-refractivity contribution in [2.24, 2.45) is 46.3 Å². The molecule has 0 radical (unpaired) electrons. The highest BCUT2D eigenvalue weighted by molar-refractivity contribution is 5.20. The van der Waals surface area contributed by atoms with Crippen molar-refractivity contribution >= 4 is 0 Å². The van der Waals surface area contributed by atoms with Gasteiger partial charge in [0, 0.05) is 0 Å². The van der Waals surface area contributed by atoms with Crippen molar-refractivity contribution in [2.75, 3.05) is 0 Å². The molecule has 0 bridgehead atoms. The Labute approximate surface area is 206 Å². The Balaban J connectivity index is 1.34. The molecule has 6 heteroatoms. The highest BCUT2D eigenvalue weighted by Gasteiger charge is 2.65. The van der Waals surface area contributed by atoms with Gasteiger partial charge >= 0.3 is 6.18 Å². The monoisotopic (exact) mass is 496 g/mol. The summed E-state index contributed by atoms with van der Waals surface area (Å²) in [5.41, 5.74) is -1.81. The summed E-state index contributed by atoms with van der Waals surface area (Å²) in [6.45, 7) is 6.72. The molecule has 4 saturated carbocycles. The highest BCUT2D eigenvalue weighted by Crippen LogP contribution is 2.69. The zero-order valence-electron chi connectivity index (χ0n) is 21.1. The molecule has 5 rings (SSSR count). The first-order valence-electron chi connectivity index (χ1n) is 13.5. The van der Waals surface area contributed by atoms with Crippen LogP contribution in [0.3, 0.4) is 0 Å². The molecule has 4 fully saturated rings. The topological polar surface area (TPSA) is 40.5 Å². The highest BCUT2D eigenvalue weighted by atomic mass is 19.4. The number of hydrogen-bond donors (Lipinski definition) is 2. The largest absolute Gasteiger partial charge is 0.417 e. The van der Waals surface area contributed by atoms with Crippen LogP contribution in [-0.2, 0) is 0 Å². The van der Waals surface area contributed by atoms with Crippen LogP contribution in [0.5, 0.6) is 0 Å². The van der Waals surface area contributed by atoms with E-state index in [0.29, 0.717) is 30.1 Å². The number of fused-ring (bicyclic) bond motifs is 5. The molecule has 0 saturated heterocycles. The predicted molar refractivity (Wildman–Crippen MR) is 127 cm³/mol. The van der Waals surface area contributed by atoms with Gasteiger partial charge in [0.15, 0.2) is 5.60 Å². The van der Waals surface area contributed by atoms with E-state index in [9.17, 15) is 27.8 Å². The molecule has 10 atom stereocenters. The fourth-order valence-corrected chi connectivity index (χ4v) is 9.59. The molecule has 0 heterocycles. The summed E-state index contributed by atoms with van der Waals surface area (Å²) in [6.07, 6.45) is 0.842.